The maximum absolute atomic E-state index is 13.4. The Morgan fingerprint density at radius 1 is 0.895 bits per heavy atom. The first-order chi connectivity index (χ1) is 18.1. The summed E-state index contributed by atoms with van der Waals surface area (Å²) in [4.78, 5) is 39.7. The van der Waals surface area contributed by atoms with Gasteiger partial charge in [-0.25, -0.2) is 9.69 Å². The van der Waals surface area contributed by atoms with Crippen LogP contribution in [0.3, 0.4) is 0 Å². The van der Waals surface area contributed by atoms with E-state index in [1.54, 1.807) is 18.2 Å². The number of barbiturate groups is 1. The van der Waals surface area contributed by atoms with Crippen molar-refractivity contribution in [3.8, 4) is 11.5 Å². The van der Waals surface area contributed by atoms with Gasteiger partial charge in [-0.2, -0.15) is 0 Å². The highest BCUT2D eigenvalue weighted by atomic mass is 79.9. The fourth-order valence-corrected chi connectivity index (χ4v) is 5.06. The number of ether oxygens (including phenoxy) is 2. The van der Waals surface area contributed by atoms with Crippen molar-refractivity contribution in [3.63, 3.8) is 0 Å². The van der Waals surface area contributed by atoms with Crippen LogP contribution in [-0.2, 0) is 16.2 Å². The zero-order valence-electron chi connectivity index (χ0n) is 22.0. The monoisotopic (exact) mass is 576 g/mol. The van der Waals surface area contributed by atoms with Crippen LogP contribution >= 0.6 is 15.9 Å². The minimum atomic E-state index is -0.782. The minimum absolute atomic E-state index is 0.164. The number of amides is 4. The van der Waals surface area contributed by atoms with Gasteiger partial charge in [0.2, 0.25) is 0 Å². The number of aryl methyl sites for hydroxylation is 4. The smallest absolute Gasteiger partial charge is 0.335 e. The molecular formula is C30H29BrN2O5. The summed E-state index contributed by atoms with van der Waals surface area (Å²) in [7, 11) is 0. The summed E-state index contributed by atoms with van der Waals surface area (Å²) < 4.78 is 12.6. The van der Waals surface area contributed by atoms with Crippen LogP contribution in [0.2, 0.25) is 0 Å². The maximum Gasteiger partial charge on any atom is 0.335 e. The van der Waals surface area contributed by atoms with Crippen molar-refractivity contribution in [3.05, 3.63) is 92.0 Å². The van der Waals surface area contributed by atoms with Gasteiger partial charge in [0.1, 0.15) is 12.2 Å². The molecule has 1 heterocycles. The van der Waals surface area contributed by atoms with Crippen molar-refractivity contribution in [1.82, 2.24) is 5.32 Å². The molecule has 4 rings (SSSR count). The molecule has 0 radical (unpaired) electrons. The van der Waals surface area contributed by atoms with E-state index in [-0.39, 0.29) is 5.57 Å². The molecule has 1 aliphatic heterocycles. The topological polar surface area (TPSA) is 84.9 Å². The number of rotatable bonds is 7. The molecule has 1 fully saturated rings. The van der Waals surface area contributed by atoms with Crippen LogP contribution in [0.4, 0.5) is 10.5 Å². The van der Waals surface area contributed by atoms with Crippen LogP contribution in [0.1, 0.15) is 40.3 Å². The highest BCUT2D eigenvalue weighted by molar-refractivity contribution is 9.10. The lowest BCUT2D eigenvalue weighted by Gasteiger charge is -2.27. The summed E-state index contributed by atoms with van der Waals surface area (Å²) in [6.45, 7) is 10.4. The zero-order chi connectivity index (χ0) is 27.6. The average Bonchev–Trinajstić information content (AvgIpc) is 2.82. The lowest BCUT2D eigenvalue weighted by Crippen LogP contribution is -2.54. The number of anilines is 1. The summed E-state index contributed by atoms with van der Waals surface area (Å²) in [6.07, 6.45) is 1.45. The third-order valence-electron chi connectivity index (χ3n) is 6.00. The van der Waals surface area contributed by atoms with Gasteiger partial charge in [-0.05, 0) is 91.5 Å². The van der Waals surface area contributed by atoms with Crippen molar-refractivity contribution in [1.29, 1.82) is 0 Å². The predicted molar refractivity (Wildman–Crippen MR) is 150 cm³/mol. The fraction of sp³-hybridized carbons (Fsp3) is 0.233. The largest absolute Gasteiger partial charge is 0.490 e. The number of urea groups is 1. The van der Waals surface area contributed by atoms with Gasteiger partial charge in [0.15, 0.2) is 11.5 Å². The van der Waals surface area contributed by atoms with Gasteiger partial charge in [0, 0.05) is 0 Å². The van der Waals surface area contributed by atoms with Crippen LogP contribution in [0.25, 0.3) is 6.08 Å². The van der Waals surface area contributed by atoms with Gasteiger partial charge in [-0.3, -0.25) is 14.9 Å². The molecule has 3 aromatic rings. The van der Waals surface area contributed by atoms with Gasteiger partial charge in [0.25, 0.3) is 11.8 Å². The molecule has 196 valence electrons. The zero-order valence-corrected chi connectivity index (χ0v) is 23.6. The Balaban J connectivity index is 1.67. The van der Waals surface area contributed by atoms with Crippen molar-refractivity contribution >= 4 is 45.5 Å². The van der Waals surface area contributed by atoms with Gasteiger partial charge < -0.3 is 9.47 Å². The number of carbonyl (C=O) groups excluding carboxylic acids is 3. The van der Waals surface area contributed by atoms with E-state index in [1.165, 1.54) is 6.08 Å². The molecule has 0 aliphatic carbocycles. The minimum Gasteiger partial charge on any atom is -0.490 e. The molecule has 0 spiro atoms. The summed E-state index contributed by atoms with van der Waals surface area (Å²) in [5.41, 5.74) is 5.86. The number of carbonyl (C=O) groups is 3. The Kier molecular flexibility index (Phi) is 8.02. The molecule has 7 nitrogen and oxygen atoms in total. The lowest BCUT2D eigenvalue weighted by molar-refractivity contribution is -0.122. The summed E-state index contributed by atoms with van der Waals surface area (Å²) in [6, 6.07) is 14.3. The van der Waals surface area contributed by atoms with E-state index in [1.807, 2.05) is 46.8 Å². The molecule has 3 aromatic carbocycles. The van der Waals surface area contributed by atoms with E-state index in [0.717, 1.165) is 32.7 Å². The molecule has 1 N–H and O–H groups in total. The van der Waals surface area contributed by atoms with Gasteiger partial charge in [0.05, 0.1) is 16.8 Å². The number of hydrogen-bond acceptors (Lipinski definition) is 5. The van der Waals surface area contributed by atoms with Crippen LogP contribution in [0.15, 0.2) is 58.6 Å². The van der Waals surface area contributed by atoms with E-state index in [2.05, 4.69) is 39.4 Å². The number of imide groups is 2. The van der Waals surface area contributed by atoms with Crippen molar-refractivity contribution in [2.75, 3.05) is 11.5 Å². The number of benzene rings is 3. The van der Waals surface area contributed by atoms with Crippen LogP contribution in [-0.4, -0.2) is 24.5 Å². The Hall–Kier alpha value is -3.91. The number of nitrogens with zero attached hydrogens (tertiary/aromatic N) is 1. The van der Waals surface area contributed by atoms with Crippen LogP contribution < -0.4 is 19.7 Å². The lowest BCUT2D eigenvalue weighted by atomic mass is 10.0. The molecule has 0 saturated carbocycles. The molecule has 0 atom stereocenters. The van der Waals surface area contributed by atoms with Crippen molar-refractivity contribution in [2.45, 2.75) is 41.2 Å². The number of hydrogen-bond donors (Lipinski definition) is 1. The van der Waals surface area contributed by atoms with E-state index in [9.17, 15) is 14.4 Å². The third-order valence-corrected chi connectivity index (χ3v) is 6.59. The molecule has 4 amide bonds. The third kappa shape index (κ3) is 5.81. The van der Waals surface area contributed by atoms with Gasteiger partial charge in [-0.15, -0.1) is 0 Å². The summed E-state index contributed by atoms with van der Waals surface area (Å²) in [5.74, 6) is -0.482. The highest BCUT2D eigenvalue weighted by Crippen LogP contribution is 2.38. The second kappa shape index (κ2) is 11.2. The standard InChI is InChI=1S/C30H29BrN2O5/c1-6-37-26-15-21(14-24(31)27(26)38-16-22-11-18(3)9-19(4)12-22)13-23-28(34)32-30(36)33(29(23)35)25-8-7-17(2)10-20(25)5/h7-15H,6,16H2,1-5H3,(H,32,34,36)/b23-13+. The first-order valence-corrected chi connectivity index (χ1v) is 13.0. The van der Waals surface area contributed by atoms with Gasteiger partial charge >= 0.3 is 6.03 Å². The molecule has 8 heteroatoms. The second-order valence-electron chi connectivity index (χ2n) is 9.30. The SMILES string of the molecule is CCOc1cc(/C=C2\C(=O)NC(=O)N(c3ccc(C)cc3C)C2=O)cc(Br)c1OCc1cc(C)cc(C)c1. The molecule has 1 saturated heterocycles. The molecule has 0 bridgehead atoms. The number of halogens is 1. The molecule has 38 heavy (non-hydrogen) atoms. The Bertz CT molecular complexity index is 1460. The first kappa shape index (κ1) is 27.1. The Morgan fingerprint density at radius 2 is 1.61 bits per heavy atom. The first-order valence-electron chi connectivity index (χ1n) is 12.2. The maximum atomic E-state index is 13.4. The van der Waals surface area contributed by atoms with E-state index in [4.69, 9.17) is 9.47 Å². The molecule has 0 unspecified atom stereocenters. The highest BCUT2D eigenvalue weighted by Gasteiger charge is 2.37. The van der Waals surface area contributed by atoms with E-state index < -0.39 is 17.8 Å². The summed E-state index contributed by atoms with van der Waals surface area (Å²) in [5, 5.41) is 2.28. The molecular weight excluding hydrogens is 548 g/mol. The molecule has 0 aromatic heterocycles. The fourth-order valence-electron chi connectivity index (χ4n) is 4.48. The van der Waals surface area contributed by atoms with Crippen LogP contribution in [0.5, 0.6) is 11.5 Å². The second-order valence-corrected chi connectivity index (χ2v) is 10.1. The van der Waals surface area contributed by atoms with Crippen molar-refractivity contribution < 1.29 is 23.9 Å². The Morgan fingerprint density at radius 3 is 2.26 bits per heavy atom. The average molecular weight is 577 g/mol. The predicted octanol–water partition coefficient (Wildman–Crippen LogP) is 6.33. The van der Waals surface area contributed by atoms with Crippen LogP contribution in [0, 0.1) is 27.7 Å². The van der Waals surface area contributed by atoms with Crippen molar-refractivity contribution in [2.24, 2.45) is 0 Å². The van der Waals surface area contributed by atoms with E-state index in [0.29, 0.717) is 40.4 Å². The van der Waals surface area contributed by atoms with Gasteiger partial charge in [-0.1, -0.05) is 47.0 Å². The normalized spacial score (nSPS) is 14.6. The number of nitrogens with one attached hydrogen (secondary N) is 1. The summed E-state index contributed by atoms with van der Waals surface area (Å²) >= 11 is 3.56. The van der Waals surface area contributed by atoms with E-state index >= 15 is 0 Å². The quantitative estimate of drug-likeness (QED) is 0.262. The molecule has 1 aliphatic rings. The Labute approximate surface area is 230 Å².